The molecule has 0 saturated carbocycles. The highest BCUT2D eigenvalue weighted by molar-refractivity contribution is 5.97. The van der Waals surface area contributed by atoms with Crippen LogP contribution in [0.15, 0.2) is 41.6 Å². The molecule has 0 fully saturated rings. The number of ether oxygens (including phenoxy) is 1. The van der Waals surface area contributed by atoms with Crippen molar-refractivity contribution >= 4 is 5.84 Å². The van der Waals surface area contributed by atoms with Crippen LogP contribution < -0.4 is 10.5 Å². The average Bonchev–Trinajstić information content (AvgIpc) is 2.49. The van der Waals surface area contributed by atoms with Crippen molar-refractivity contribution in [3.05, 3.63) is 64.7 Å². The first-order chi connectivity index (χ1) is 10.0. The number of amidine groups is 1. The first-order valence-electron chi connectivity index (χ1n) is 6.17. The molecule has 21 heavy (non-hydrogen) atoms. The summed E-state index contributed by atoms with van der Waals surface area (Å²) in [4.78, 5) is 0. The van der Waals surface area contributed by atoms with E-state index in [0.29, 0.717) is 5.56 Å². The smallest absolute Gasteiger partial charge is 0.173 e. The molecule has 0 aliphatic heterocycles. The number of hydrogen-bond acceptors (Lipinski definition) is 3. The van der Waals surface area contributed by atoms with Crippen molar-refractivity contribution < 1.29 is 18.7 Å². The molecule has 0 aliphatic rings. The first-order valence-corrected chi connectivity index (χ1v) is 6.17. The molecule has 0 bridgehead atoms. The van der Waals surface area contributed by atoms with Gasteiger partial charge in [0, 0.05) is 5.56 Å². The highest BCUT2D eigenvalue weighted by Gasteiger charge is 2.13. The van der Waals surface area contributed by atoms with Gasteiger partial charge in [0.15, 0.2) is 17.4 Å². The normalized spacial score (nSPS) is 11.5. The largest absolute Gasteiger partial charge is 0.486 e. The van der Waals surface area contributed by atoms with Crippen molar-refractivity contribution in [1.82, 2.24) is 0 Å². The summed E-state index contributed by atoms with van der Waals surface area (Å²) in [6.45, 7) is 1.45. The molecule has 6 heteroatoms. The molecular weight excluding hydrogens is 278 g/mol. The van der Waals surface area contributed by atoms with Gasteiger partial charge in [-0.05, 0) is 24.6 Å². The molecule has 2 rings (SSSR count). The second-order valence-electron chi connectivity index (χ2n) is 4.44. The van der Waals surface area contributed by atoms with E-state index < -0.39 is 11.6 Å². The fourth-order valence-electron chi connectivity index (χ4n) is 1.83. The Labute approximate surface area is 120 Å². The van der Waals surface area contributed by atoms with Gasteiger partial charge in [-0.25, -0.2) is 8.78 Å². The topological polar surface area (TPSA) is 67.8 Å². The molecule has 0 amide bonds. The maximum atomic E-state index is 14.1. The molecule has 0 unspecified atom stereocenters. The third-order valence-electron chi connectivity index (χ3n) is 3.00. The van der Waals surface area contributed by atoms with Crippen molar-refractivity contribution in [2.75, 3.05) is 0 Å². The Kier molecular flexibility index (Phi) is 4.37. The monoisotopic (exact) mass is 292 g/mol. The summed E-state index contributed by atoms with van der Waals surface area (Å²) in [5, 5.41) is 11.4. The van der Waals surface area contributed by atoms with Gasteiger partial charge in [-0.1, -0.05) is 29.4 Å². The number of rotatable bonds is 4. The van der Waals surface area contributed by atoms with Gasteiger partial charge in [-0.2, -0.15) is 0 Å². The van der Waals surface area contributed by atoms with E-state index in [4.69, 9.17) is 15.7 Å². The summed E-state index contributed by atoms with van der Waals surface area (Å²) in [6, 6.07) is 9.13. The molecule has 0 atom stereocenters. The van der Waals surface area contributed by atoms with Gasteiger partial charge in [-0.15, -0.1) is 0 Å². The fraction of sp³-hybridized carbons (Fsp3) is 0.133. The van der Waals surface area contributed by atoms with E-state index in [2.05, 4.69) is 5.16 Å². The van der Waals surface area contributed by atoms with Crippen LogP contribution in [0.25, 0.3) is 0 Å². The van der Waals surface area contributed by atoms with Gasteiger partial charge < -0.3 is 15.7 Å². The Morgan fingerprint density at radius 3 is 2.62 bits per heavy atom. The van der Waals surface area contributed by atoms with E-state index in [0.717, 1.165) is 0 Å². The minimum absolute atomic E-state index is 0.0386. The third kappa shape index (κ3) is 3.10. The average molecular weight is 292 g/mol. The minimum atomic E-state index is -0.666. The summed E-state index contributed by atoms with van der Waals surface area (Å²) < 4.78 is 33.2. The van der Waals surface area contributed by atoms with Crippen LogP contribution in [-0.2, 0) is 6.61 Å². The van der Waals surface area contributed by atoms with Crippen LogP contribution in [0.1, 0.15) is 16.7 Å². The van der Waals surface area contributed by atoms with Crippen molar-refractivity contribution in [1.29, 1.82) is 0 Å². The van der Waals surface area contributed by atoms with E-state index in [1.807, 2.05) is 0 Å². The molecule has 0 saturated heterocycles. The molecule has 3 N–H and O–H groups in total. The molecule has 0 aliphatic carbocycles. The standard InChI is InChI=1S/C15H14F2N2O2/c1-9-4-2-7-12(13(9)16)21-8-10-5-3-6-11(14(10)17)15(18)19-20/h2-7,20H,8H2,1H3,(H2,18,19). The molecular formula is C15H14F2N2O2. The second kappa shape index (κ2) is 6.21. The molecule has 0 radical (unpaired) electrons. The molecule has 0 aromatic heterocycles. The van der Waals surface area contributed by atoms with Crippen LogP contribution in [0.5, 0.6) is 5.75 Å². The highest BCUT2D eigenvalue weighted by atomic mass is 19.1. The van der Waals surface area contributed by atoms with Crippen molar-refractivity contribution in [3.63, 3.8) is 0 Å². The Hall–Kier alpha value is -2.63. The van der Waals surface area contributed by atoms with Crippen LogP contribution in [0.3, 0.4) is 0 Å². The lowest BCUT2D eigenvalue weighted by molar-refractivity contribution is 0.284. The minimum Gasteiger partial charge on any atom is -0.486 e. The lowest BCUT2D eigenvalue weighted by Gasteiger charge is -2.10. The van der Waals surface area contributed by atoms with E-state index >= 15 is 0 Å². The number of halogens is 2. The number of hydrogen-bond donors (Lipinski definition) is 2. The third-order valence-corrected chi connectivity index (χ3v) is 3.00. The highest BCUT2D eigenvalue weighted by Crippen LogP contribution is 2.22. The van der Waals surface area contributed by atoms with Crippen molar-refractivity contribution in [2.45, 2.75) is 13.5 Å². The van der Waals surface area contributed by atoms with Crippen LogP contribution in [0, 0.1) is 18.6 Å². The molecule has 2 aromatic carbocycles. The summed E-state index contributed by atoms with van der Waals surface area (Å²) in [5.74, 6) is -1.44. The maximum Gasteiger partial charge on any atom is 0.173 e. The van der Waals surface area contributed by atoms with Gasteiger partial charge in [-0.3, -0.25) is 0 Å². The molecule has 0 spiro atoms. The Morgan fingerprint density at radius 2 is 1.90 bits per heavy atom. The van der Waals surface area contributed by atoms with Crippen LogP contribution >= 0.6 is 0 Å². The second-order valence-corrected chi connectivity index (χ2v) is 4.44. The first kappa shape index (κ1) is 14.8. The molecule has 0 heterocycles. The summed E-state index contributed by atoms with van der Waals surface area (Å²) in [5.41, 5.74) is 5.96. The predicted molar refractivity (Wildman–Crippen MR) is 74.4 cm³/mol. The zero-order chi connectivity index (χ0) is 15.4. The maximum absolute atomic E-state index is 14.1. The number of benzene rings is 2. The van der Waals surface area contributed by atoms with Crippen LogP contribution in [0.2, 0.25) is 0 Å². The zero-order valence-corrected chi connectivity index (χ0v) is 11.3. The van der Waals surface area contributed by atoms with Gasteiger partial charge in [0.25, 0.3) is 0 Å². The van der Waals surface area contributed by atoms with E-state index in [9.17, 15) is 8.78 Å². The Morgan fingerprint density at radius 1 is 1.19 bits per heavy atom. The van der Waals surface area contributed by atoms with E-state index in [-0.39, 0.29) is 29.3 Å². The molecule has 110 valence electrons. The zero-order valence-electron chi connectivity index (χ0n) is 11.3. The fourth-order valence-corrected chi connectivity index (χ4v) is 1.83. The number of oxime groups is 1. The molecule has 4 nitrogen and oxygen atoms in total. The summed E-state index contributed by atoms with van der Waals surface area (Å²) in [7, 11) is 0. The SMILES string of the molecule is Cc1cccc(OCc2cccc(/C(N)=N/O)c2F)c1F. The number of aryl methyl sites for hydroxylation is 1. The molecule has 2 aromatic rings. The quantitative estimate of drug-likeness (QED) is 0.394. The summed E-state index contributed by atoms with van der Waals surface area (Å²) >= 11 is 0. The van der Waals surface area contributed by atoms with E-state index in [1.54, 1.807) is 25.1 Å². The number of nitrogens with two attached hydrogens (primary N) is 1. The lowest BCUT2D eigenvalue weighted by Crippen LogP contribution is -2.16. The number of nitrogens with zero attached hydrogens (tertiary/aromatic N) is 1. The van der Waals surface area contributed by atoms with Gasteiger partial charge in [0.2, 0.25) is 0 Å². The Balaban J connectivity index is 2.23. The predicted octanol–water partition coefficient (Wildman–Crippen LogP) is 2.95. The van der Waals surface area contributed by atoms with Crippen molar-refractivity contribution in [3.8, 4) is 5.75 Å². The van der Waals surface area contributed by atoms with Crippen LogP contribution in [-0.4, -0.2) is 11.0 Å². The lowest BCUT2D eigenvalue weighted by atomic mass is 10.1. The summed E-state index contributed by atoms with van der Waals surface area (Å²) in [6.07, 6.45) is 0. The van der Waals surface area contributed by atoms with Gasteiger partial charge in [0.1, 0.15) is 12.4 Å². The Bertz CT molecular complexity index is 687. The van der Waals surface area contributed by atoms with E-state index in [1.165, 1.54) is 18.2 Å². The van der Waals surface area contributed by atoms with Crippen LogP contribution in [0.4, 0.5) is 8.78 Å². The van der Waals surface area contributed by atoms with Gasteiger partial charge in [0.05, 0.1) is 5.56 Å². The van der Waals surface area contributed by atoms with Gasteiger partial charge >= 0.3 is 0 Å². The van der Waals surface area contributed by atoms with Crippen molar-refractivity contribution in [2.24, 2.45) is 10.9 Å².